The van der Waals surface area contributed by atoms with Crippen molar-refractivity contribution >= 4 is 17.5 Å². The number of hydrazine groups is 1. The summed E-state index contributed by atoms with van der Waals surface area (Å²) in [5.74, 6) is 3.30. The van der Waals surface area contributed by atoms with Crippen LogP contribution in [0.5, 0.6) is 0 Å². The van der Waals surface area contributed by atoms with E-state index in [9.17, 15) is 18.0 Å². The molecule has 118 valence electrons. The number of hydrogen-bond donors (Lipinski definition) is 4. The number of nitrogens with one attached hydrogen (secondary N) is 3. The molecule has 0 aliphatic carbocycles. The van der Waals surface area contributed by atoms with Crippen LogP contribution in [0.4, 0.5) is 24.8 Å². The molecule has 10 heteroatoms. The van der Waals surface area contributed by atoms with Crippen molar-refractivity contribution in [3.05, 3.63) is 11.9 Å². The zero-order valence-corrected chi connectivity index (χ0v) is 11.6. The van der Waals surface area contributed by atoms with Crippen molar-refractivity contribution in [2.45, 2.75) is 32.5 Å². The SMILES string of the molecule is CC(C)NC(=O)CCNc1cc(NN)nc(C(F)(F)F)n1. The molecular formula is C11H17F3N6O. The second-order valence-electron chi connectivity index (χ2n) is 4.50. The number of nitrogens with two attached hydrogens (primary N) is 1. The van der Waals surface area contributed by atoms with E-state index in [1.165, 1.54) is 6.07 Å². The first-order chi connectivity index (χ1) is 9.72. The van der Waals surface area contributed by atoms with E-state index in [-0.39, 0.29) is 36.6 Å². The Balaban J connectivity index is 2.68. The molecule has 0 unspecified atom stereocenters. The molecule has 0 bridgehead atoms. The number of amides is 1. The summed E-state index contributed by atoms with van der Waals surface area (Å²) in [7, 11) is 0. The van der Waals surface area contributed by atoms with Crippen molar-refractivity contribution in [1.82, 2.24) is 15.3 Å². The fraction of sp³-hybridized carbons (Fsp3) is 0.545. The van der Waals surface area contributed by atoms with Crippen molar-refractivity contribution in [2.75, 3.05) is 17.3 Å². The molecule has 0 radical (unpaired) electrons. The molecule has 21 heavy (non-hydrogen) atoms. The third-order valence-corrected chi connectivity index (χ3v) is 2.24. The highest BCUT2D eigenvalue weighted by Crippen LogP contribution is 2.28. The second kappa shape index (κ2) is 7.07. The van der Waals surface area contributed by atoms with Crippen LogP contribution < -0.4 is 21.9 Å². The van der Waals surface area contributed by atoms with Crippen LogP contribution in [0, 0.1) is 0 Å². The molecule has 0 spiro atoms. The average molecular weight is 306 g/mol. The van der Waals surface area contributed by atoms with Crippen molar-refractivity contribution in [3.8, 4) is 0 Å². The summed E-state index contributed by atoms with van der Waals surface area (Å²) >= 11 is 0. The van der Waals surface area contributed by atoms with Crippen LogP contribution in [0.3, 0.4) is 0 Å². The number of carbonyl (C=O) groups is 1. The number of aromatic nitrogens is 2. The van der Waals surface area contributed by atoms with Gasteiger partial charge in [0.25, 0.3) is 0 Å². The predicted octanol–water partition coefficient (Wildman–Crippen LogP) is 1.11. The van der Waals surface area contributed by atoms with Gasteiger partial charge in [-0.25, -0.2) is 15.8 Å². The van der Waals surface area contributed by atoms with Crippen LogP contribution in [0.15, 0.2) is 6.07 Å². The monoisotopic (exact) mass is 306 g/mol. The molecule has 5 N–H and O–H groups in total. The van der Waals surface area contributed by atoms with Gasteiger partial charge in [0.1, 0.15) is 11.6 Å². The number of anilines is 2. The van der Waals surface area contributed by atoms with Gasteiger partial charge in [-0.3, -0.25) is 4.79 Å². The van der Waals surface area contributed by atoms with Crippen molar-refractivity contribution in [1.29, 1.82) is 0 Å². The maximum atomic E-state index is 12.6. The zero-order valence-electron chi connectivity index (χ0n) is 11.6. The Hall–Kier alpha value is -2.10. The molecule has 0 saturated carbocycles. The number of alkyl halides is 3. The van der Waals surface area contributed by atoms with Gasteiger partial charge in [0.15, 0.2) is 0 Å². The molecule has 1 aromatic heterocycles. The first kappa shape index (κ1) is 17.0. The molecule has 0 fully saturated rings. The van der Waals surface area contributed by atoms with Crippen LogP contribution in [0.25, 0.3) is 0 Å². The summed E-state index contributed by atoms with van der Waals surface area (Å²) in [6.45, 7) is 3.76. The largest absolute Gasteiger partial charge is 0.451 e. The molecule has 0 atom stereocenters. The fourth-order valence-corrected chi connectivity index (χ4v) is 1.44. The second-order valence-corrected chi connectivity index (χ2v) is 4.50. The van der Waals surface area contributed by atoms with E-state index in [2.05, 4.69) is 20.6 Å². The van der Waals surface area contributed by atoms with Gasteiger partial charge in [0.2, 0.25) is 11.7 Å². The molecule has 0 saturated heterocycles. The summed E-state index contributed by atoms with van der Waals surface area (Å²) < 4.78 is 37.8. The van der Waals surface area contributed by atoms with Crippen LogP contribution >= 0.6 is 0 Å². The molecule has 7 nitrogen and oxygen atoms in total. The highest BCUT2D eigenvalue weighted by Gasteiger charge is 2.35. The maximum Gasteiger partial charge on any atom is 0.451 e. The minimum Gasteiger partial charge on any atom is -0.369 e. The first-order valence-electron chi connectivity index (χ1n) is 6.18. The van der Waals surface area contributed by atoms with Gasteiger partial charge in [-0.2, -0.15) is 13.2 Å². The summed E-state index contributed by atoms with van der Waals surface area (Å²) in [4.78, 5) is 17.9. The Morgan fingerprint density at radius 2 is 1.95 bits per heavy atom. The molecule has 0 aromatic carbocycles. The lowest BCUT2D eigenvalue weighted by molar-refractivity contribution is -0.144. The van der Waals surface area contributed by atoms with Crippen molar-refractivity contribution in [2.24, 2.45) is 5.84 Å². The highest BCUT2D eigenvalue weighted by atomic mass is 19.4. The molecule has 0 aliphatic heterocycles. The number of nitrogens with zero attached hydrogens (tertiary/aromatic N) is 2. The van der Waals surface area contributed by atoms with E-state index in [1.807, 2.05) is 19.3 Å². The number of carbonyl (C=O) groups excluding carboxylic acids is 1. The van der Waals surface area contributed by atoms with Gasteiger partial charge < -0.3 is 16.1 Å². The lowest BCUT2D eigenvalue weighted by Gasteiger charge is -2.12. The molecule has 0 aliphatic rings. The normalized spacial score (nSPS) is 11.4. The van der Waals surface area contributed by atoms with Gasteiger partial charge in [-0.1, -0.05) is 0 Å². The lowest BCUT2D eigenvalue weighted by Crippen LogP contribution is -2.31. The molecule has 1 amide bonds. The number of halogens is 3. The van der Waals surface area contributed by atoms with Crippen LogP contribution in [-0.4, -0.2) is 28.5 Å². The van der Waals surface area contributed by atoms with E-state index >= 15 is 0 Å². The molecular weight excluding hydrogens is 289 g/mol. The number of nitrogen functional groups attached to an aromatic ring is 1. The Morgan fingerprint density at radius 3 is 2.48 bits per heavy atom. The van der Waals surface area contributed by atoms with E-state index in [4.69, 9.17) is 5.84 Å². The van der Waals surface area contributed by atoms with Gasteiger partial charge in [0, 0.05) is 25.1 Å². The summed E-state index contributed by atoms with van der Waals surface area (Å²) in [5.41, 5.74) is 2.03. The van der Waals surface area contributed by atoms with E-state index in [0.29, 0.717) is 0 Å². The van der Waals surface area contributed by atoms with E-state index in [1.54, 1.807) is 0 Å². The third-order valence-electron chi connectivity index (χ3n) is 2.24. The van der Waals surface area contributed by atoms with E-state index in [0.717, 1.165) is 0 Å². The van der Waals surface area contributed by atoms with Gasteiger partial charge in [-0.05, 0) is 13.8 Å². The minimum absolute atomic E-state index is 0.00132. The standard InChI is InChI=1S/C11H17F3N6O/c1-6(2)17-9(21)3-4-16-7-5-8(20-15)19-10(18-7)11(12,13)14/h5-6H,3-4,15H2,1-2H3,(H,17,21)(H2,16,18,19,20). The van der Waals surface area contributed by atoms with Crippen LogP contribution in [-0.2, 0) is 11.0 Å². The lowest BCUT2D eigenvalue weighted by atomic mass is 10.3. The quantitative estimate of drug-likeness (QED) is 0.463. The van der Waals surface area contributed by atoms with Gasteiger partial charge in [-0.15, -0.1) is 0 Å². The first-order valence-corrected chi connectivity index (χ1v) is 6.18. The summed E-state index contributed by atoms with van der Waals surface area (Å²) in [6, 6.07) is 1.22. The maximum absolute atomic E-state index is 12.6. The van der Waals surface area contributed by atoms with Crippen LogP contribution in [0.2, 0.25) is 0 Å². The average Bonchev–Trinajstić information content (AvgIpc) is 2.36. The number of rotatable bonds is 6. The van der Waals surface area contributed by atoms with Crippen molar-refractivity contribution in [3.63, 3.8) is 0 Å². The Kier molecular flexibility index (Phi) is 5.70. The third kappa shape index (κ3) is 5.81. The predicted molar refractivity (Wildman–Crippen MR) is 71.2 cm³/mol. The molecule has 1 heterocycles. The van der Waals surface area contributed by atoms with Crippen LogP contribution in [0.1, 0.15) is 26.1 Å². The topological polar surface area (TPSA) is 105 Å². The highest BCUT2D eigenvalue weighted by molar-refractivity contribution is 5.76. The molecule has 1 rings (SSSR count). The fourth-order valence-electron chi connectivity index (χ4n) is 1.44. The summed E-state index contributed by atoms with van der Waals surface area (Å²) in [5, 5.41) is 5.29. The molecule has 1 aromatic rings. The van der Waals surface area contributed by atoms with Gasteiger partial charge in [0.05, 0.1) is 0 Å². The van der Waals surface area contributed by atoms with Gasteiger partial charge >= 0.3 is 6.18 Å². The smallest absolute Gasteiger partial charge is 0.369 e. The zero-order chi connectivity index (χ0) is 16.0. The number of hydrogen-bond acceptors (Lipinski definition) is 6. The Bertz CT molecular complexity index is 491. The Labute approximate surface area is 119 Å². The minimum atomic E-state index is -4.68. The summed E-state index contributed by atoms with van der Waals surface area (Å²) in [6.07, 6.45) is -4.58. The van der Waals surface area contributed by atoms with Crippen molar-refractivity contribution < 1.29 is 18.0 Å². The Morgan fingerprint density at radius 1 is 1.33 bits per heavy atom. The van der Waals surface area contributed by atoms with E-state index < -0.39 is 12.0 Å².